The Hall–Kier alpha value is -2.34. The third-order valence-electron chi connectivity index (χ3n) is 4.23. The molecule has 2 heterocycles. The number of hydrogen-bond donors (Lipinski definition) is 1. The van der Waals surface area contributed by atoms with E-state index in [1.807, 2.05) is 0 Å². The molecule has 1 fully saturated rings. The van der Waals surface area contributed by atoms with Crippen molar-refractivity contribution in [3.63, 3.8) is 0 Å². The lowest BCUT2D eigenvalue weighted by Gasteiger charge is -2.34. The summed E-state index contributed by atoms with van der Waals surface area (Å²) >= 11 is 0. The Bertz CT molecular complexity index is 651. The van der Waals surface area contributed by atoms with Gasteiger partial charge in [-0.25, -0.2) is 4.63 Å². The molecule has 2 rings (SSSR count). The number of azo groups is 1. The maximum Gasteiger partial charge on any atom is 0.484 e. The zero-order valence-electron chi connectivity index (χ0n) is 15.8. The van der Waals surface area contributed by atoms with Crippen LogP contribution in [0.15, 0.2) is 9.74 Å². The van der Waals surface area contributed by atoms with Crippen molar-refractivity contribution in [3.05, 3.63) is 15.3 Å². The molecule has 27 heavy (non-hydrogen) atoms. The van der Waals surface area contributed by atoms with Crippen LogP contribution < -0.4 is 5.32 Å². The number of hydrogen-bond acceptors (Lipinski definition) is 10. The van der Waals surface area contributed by atoms with Crippen LogP contribution in [0.1, 0.15) is 52.9 Å². The van der Waals surface area contributed by atoms with Crippen molar-refractivity contribution in [2.24, 2.45) is 5.11 Å². The van der Waals surface area contributed by atoms with E-state index in [2.05, 4.69) is 32.3 Å². The summed E-state index contributed by atoms with van der Waals surface area (Å²) in [6, 6.07) is 0. The first-order chi connectivity index (χ1) is 12.8. The van der Waals surface area contributed by atoms with E-state index in [4.69, 9.17) is 9.47 Å². The van der Waals surface area contributed by atoms with Gasteiger partial charge in [-0.05, 0) is 35.4 Å². The normalized spacial score (nSPS) is 19.0. The Morgan fingerprint density at radius 2 is 1.81 bits per heavy atom. The third-order valence-corrected chi connectivity index (χ3v) is 4.23. The van der Waals surface area contributed by atoms with Gasteiger partial charge >= 0.3 is 11.5 Å². The molecule has 1 aliphatic heterocycles. The van der Waals surface area contributed by atoms with Crippen LogP contribution in [-0.4, -0.2) is 51.3 Å². The lowest BCUT2D eigenvalue weighted by Crippen LogP contribution is -2.60. The van der Waals surface area contributed by atoms with Gasteiger partial charge in [0.05, 0.1) is 0 Å². The fraction of sp³-hybridized carbons (Fsp3) is 0.867. The maximum absolute atomic E-state index is 12.5. The Kier molecular flexibility index (Phi) is 7.02. The minimum atomic E-state index is -2.20. The van der Waals surface area contributed by atoms with Gasteiger partial charge in [0.2, 0.25) is 5.82 Å². The molecule has 0 unspecified atom stereocenters. The molecule has 0 aliphatic carbocycles. The smallest absolute Gasteiger partial charge is 0.484 e. The van der Waals surface area contributed by atoms with Crippen molar-refractivity contribution >= 4 is 11.6 Å². The summed E-state index contributed by atoms with van der Waals surface area (Å²) in [5.74, 6) is -1.02. The number of nitro groups is 1. The standard InChI is InChI=1S/C15H26N6O6/c1-4-5-6-7-8-9-16-12-13(19-27-18-12)17-20(22)15(21(23)24)10-25-14(2,3)26-11-15/h4-11H2,1-3H3,(H,16,18). The highest BCUT2D eigenvalue weighted by Gasteiger charge is 2.60. The zero-order valence-corrected chi connectivity index (χ0v) is 15.8. The molecule has 1 aliphatic rings. The van der Waals surface area contributed by atoms with E-state index in [0.29, 0.717) is 6.54 Å². The van der Waals surface area contributed by atoms with Gasteiger partial charge in [0.1, 0.15) is 4.92 Å². The molecule has 0 spiro atoms. The van der Waals surface area contributed by atoms with Crippen LogP contribution in [0.25, 0.3) is 0 Å². The molecule has 1 saturated heterocycles. The van der Waals surface area contributed by atoms with E-state index in [1.165, 1.54) is 6.42 Å². The fourth-order valence-corrected chi connectivity index (χ4v) is 2.42. The van der Waals surface area contributed by atoms with E-state index in [1.54, 1.807) is 13.8 Å². The van der Waals surface area contributed by atoms with E-state index in [-0.39, 0.29) is 16.5 Å². The van der Waals surface area contributed by atoms with Gasteiger partial charge in [-0.3, -0.25) is 10.1 Å². The van der Waals surface area contributed by atoms with Gasteiger partial charge in [0.25, 0.3) is 0 Å². The molecule has 1 aromatic heterocycles. The lowest BCUT2D eigenvalue weighted by molar-refractivity contribution is -0.825. The van der Waals surface area contributed by atoms with Crippen LogP contribution in [0.2, 0.25) is 0 Å². The predicted molar refractivity (Wildman–Crippen MR) is 93.0 cm³/mol. The van der Waals surface area contributed by atoms with Crippen molar-refractivity contribution in [3.8, 4) is 0 Å². The summed E-state index contributed by atoms with van der Waals surface area (Å²) in [5.41, 5.74) is -2.20. The van der Waals surface area contributed by atoms with Gasteiger partial charge in [-0.2, -0.15) is 0 Å². The molecule has 12 heteroatoms. The quantitative estimate of drug-likeness (QED) is 0.160. The fourth-order valence-electron chi connectivity index (χ4n) is 2.42. The monoisotopic (exact) mass is 386 g/mol. The van der Waals surface area contributed by atoms with Gasteiger partial charge in [-0.1, -0.05) is 32.6 Å². The highest BCUT2D eigenvalue weighted by atomic mass is 16.7. The van der Waals surface area contributed by atoms with Crippen molar-refractivity contribution in [1.82, 2.24) is 10.3 Å². The van der Waals surface area contributed by atoms with Crippen LogP contribution in [0.3, 0.4) is 0 Å². The Balaban J connectivity index is 2.04. The summed E-state index contributed by atoms with van der Waals surface area (Å²) in [6.07, 6.45) is 5.44. The summed E-state index contributed by atoms with van der Waals surface area (Å²) in [4.78, 5) is 10.7. The van der Waals surface area contributed by atoms with E-state index in [0.717, 1.165) is 25.7 Å². The predicted octanol–water partition coefficient (Wildman–Crippen LogP) is 2.80. The number of nitrogens with one attached hydrogen (secondary N) is 1. The molecule has 12 nitrogen and oxygen atoms in total. The number of ether oxygens (including phenoxy) is 2. The molecule has 0 saturated carbocycles. The Labute approximate surface area is 156 Å². The molecule has 0 radical (unpaired) electrons. The van der Waals surface area contributed by atoms with Crippen LogP contribution in [0.4, 0.5) is 11.6 Å². The molecule has 0 aromatic carbocycles. The summed E-state index contributed by atoms with van der Waals surface area (Å²) in [6.45, 7) is 4.99. The van der Waals surface area contributed by atoms with E-state index in [9.17, 15) is 15.3 Å². The average Bonchev–Trinajstić information content (AvgIpc) is 3.05. The van der Waals surface area contributed by atoms with Crippen LogP contribution in [0, 0.1) is 15.3 Å². The first-order valence-electron chi connectivity index (χ1n) is 8.98. The molecular formula is C15H26N6O6. The number of rotatable bonds is 10. The van der Waals surface area contributed by atoms with Gasteiger partial charge < -0.3 is 20.0 Å². The van der Waals surface area contributed by atoms with E-state index >= 15 is 0 Å². The number of anilines is 1. The van der Waals surface area contributed by atoms with Crippen molar-refractivity contribution in [2.75, 3.05) is 25.1 Å². The average molecular weight is 386 g/mol. The number of nitrogens with zero attached hydrogens (tertiary/aromatic N) is 5. The van der Waals surface area contributed by atoms with Crippen molar-refractivity contribution < 1.29 is 23.9 Å². The SMILES string of the molecule is CCCCCCCNc1nonc1N=[N+]([O-])C1([N+](=O)[O-])COC(C)(C)OC1. The lowest BCUT2D eigenvalue weighted by atomic mass is 10.1. The summed E-state index contributed by atoms with van der Waals surface area (Å²) in [5, 5.41) is 37.8. The second-order valence-electron chi connectivity index (χ2n) is 6.87. The van der Waals surface area contributed by atoms with Crippen LogP contribution in [-0.2, 0) is 9.47 Å². The largest absolute Gasteiger partial charge is 0.594 e. The molecular weight excluding hydrogens is 360 g/mol. The minimum Gasteiger partial charge on any atom is -0.594 e. The molecule has 0 amide bonds. The van der Waals surface area contributed by atoms with Gasteiger partial charge in [0, 0.05) is 11.7 Å². The number of hydroxylamine groups is 1. The van der Waals surface area contributed by atoms with Crippen LogP contribution >= 0.6 is 0 Å². The summed E-state index contributed by atoms with van der Waals surface area (Å²) in [7, 11) is 0. The van der Waals surface area contributed by atoms with Crippen molar-refractivity contribution in [2.45, 2.75) is 64.3 Å². The third kappa shape index (κ3) is 5.32. The summed E-state index contributed by atoms with van der Waals surface area (Å²) < 4.78 is 15.2. The highest BCUT2D eigenvalue weighted by molar-refractivity contribution is 5.52. The molecule has 1 aromatic rings. The second-order valence-corrected chi connectivity index (χ2v) is 6.87. The zero-order chi connectivity index (χ0) is 19.9. The van der Waals surface area contributed by atoms with Crippen LogP contribution in [0.5, 0.6) is 0 Å². The topological polar surface area (TPSA) is 151 Å². The maximum atomic E-state index is 12.5. The number of unbranched alkanes of at least 4 members (excludes halogenated alkanes) is 4. The number of aromatic nitrogens is 2. The van der Waals surface area contributed by atoms with Gasteiger partial charge in [0.15, 0.2) is 19.0 Å². The Morgan fingerprint density at radius 3 is 2.44 bits per heavy atom. The first kappa shape index (κ1) is 21.0. The molecule has 1 N–H and O–H groups in total. The molecule has 0 atom stereocenters. The first-order valence-corrected chi connectivity index (χ1v) is 8.98. The van der Waals surface area contributed by atoms with E-state index < -0.39 is 29.6 Å². The van der Waals surface area contributed by atoms with Gasteiger partial charge in [-0.15, -0.1) is 0 Å². The molecule has 152 valence electrons. The second kappa shape index (κ2) is 9.04. The van der Waals surface area contributed by atoms with Crippen molar-refractivity contribution in [1.29, 1.82) is 0 Å². The minimum absolute atomic E-state index is 0.0613. The Morgan fingerprint density at radius 1 is 1.15 bits per heavy atom. The molecule has 0 bridgehead atoms. The highest BCUT2D eigenvalue weighted by Crippen LogP contribution is 2.28.